The zero-order valence-corrected chi connectivity index (χ0v) is 15.6. The minimum atomic E-state index is -3.84. The van der Waals surface area contributed by atoms with Gasteiger partial charge in [-0.2, -0.15) is 0 Å². The van der Waals surface area contributed by atoms with E-state index in [1.54, 1.807) is 0 Å². The molecule has 2 aromatic rings. The summed E-state index contributed by atoms with van der Waals surface area (Å²) in [6.45, 7) is 0.145. The van der Waals surface area contributed by atoms with Gasteiger partial charge in [0.25, 0.3) is 5.56 Å². The average molecular weight is 400 g/mol. The summed E-state index contributed by atoms with van der Waals surface area (Å²) in [5.74, 6) is -0.343. The van der Waals surface area contributed by atoms with Crippen LogP contribution in [0.5, 0.6) is 0 Å². The van der Waals surface area contributed by atoms with Gasteiger partial charge in [0, 0.05) is 25.1 Å². The fraction of sp³-hybridized carbons (Fsp3) is 0.412. The van der Waals surface area contributed by atoms with Crippen LogP contribution in [0.3, 0.4) is 0 Å². The fourth-order valence-electron chi connectivity index (χ4n) is 3.08. The predicted molar refractivity (Wildman–Crippen MR) is 96.3 cm³/mol. The fourth-order valence-corrected chi connectivity index (χ4v) is 4.37. The summed E-state index contributed by atoms with van der Waals surface area (Å²) in [6.07, 6.45) is 5.88. The Morgan fingerprint density at radius 1 is 1.27 bits per heavy atom. The summed E-state index contributed by atoms with van der Waals surface area (Å²) in [7, 11) is -3.84. The first kappa shape index (κ1) is 19.0. The van der Waals surface area contributed by atoms with Crippen molar-refractivity contribution in [2.45, 2.75) is 43.0 Å². The minimum absolute atomic E-state index is 0.00168. The lowest BCUT2D eigenvalue weighted by molar-refractivity contribution is 0.566. The highest BCUT2D eigenvalue weighted by Crippen LogP contribution is 2.32. The highest BCUT2D eigenvalue weighted by atomic mass is 35.5. The van der Waals surface area contributed by atoms with Crippen LogP contribution in [-0.2, 0) is 16.6 Å². The molecular formula is C17H19ClFN3O3S. The molecule has 0 aliphatic heterocycles. The molecule has 1 aliphatic rings. The monoisotopic (exact) mass is 399 g/mol. The van der Waals surface area contributed by atoms with Crippen molar-refractivity contribution in [2.75, 3.05) is 6.54 Å². The van der Waals surface area contributed by atoms with Gasteiger partial charge in [0.05, 0.1) is 21.9 Å². The van der Waals surface area contributed by atoms with E-state index in [9.17, 15) is 17.6 Å². The quantitative estimate of drug-likeness (QED) is 0.809. The lowest BCUT2D eigenvalue weighted by Crippen LogP contribution is -2.31. The molecule has 0 amide bonds. The number of hydrogen-bond donors (Lipinski definition) is 1. The SMILES string of the molecule is O=c1cc(C2CCCC2)ncn1CCNS(=O)(=O)c1ccc(F)c(Cl)c1. The molecule has 26 heavy (non-hydrogen) atoms. The van der Waals surface area contributed by atoms with Gasteiger partial charge in [0.1, 0.15) is 5.82 Å². The summed E-state index contributed by atoms with van der Waals surface area (Å²) in [5, 5.41) is -0.268. The van der Waals surface area contributed by atoms with Crippen molar-refractivity contribution in [3.8, 4) is 0 Å². The summed E-state index contributed by atoms with van der Waals surface area (Å²) in [6, 6.07) is 4.70. The number of aromatic nitrogens is 2. The van der Waals surface area contributed by atoms with Crippen LogP contribution >= 0.6 is 11.6 Å². The highest BCUT2D eigenvalue weighted by Gasteiger charge is 2.19. The Kier molecular flexibility index (Phi) is 5.74. The first-order valence-corrected chi connectivity index (χ1v) is 10.2. The van der Waals surface area contributed by atoms with E-state index >= 15 is 0 Å². The number of sulfonamides is 1. The van der Waals surface area contributed by atoms with Gasteiger partial charge in [0.2, 0.25) is 10.0 Å². The van der Waals surface area contributed by atoms with Gasteiger partial charge in [0.15, 0.2) is 0 Å². The van der Waals surface area contributed by atoms with Crippen LogP contribution in [0, 0.1) is 5.82 Å². The smallest absolute Gasteiger partial charge is 0.253 e. The van der Waals surface area contributed by atoms with Crippen LogP contribution in [0.2, 0.25) is 5.02 Å². The maximum atomic E-state index is 13.2. The number of rotatable bonds is 6. The van der Waals surface area contributed by atoms with E-state index in [0.29, 0.717) is 5.92 Å². The summed E-state index contributed by atoms with van der Waals surface area (Å²) in [5.41, 5.74) is 0.608. The van der Waals surface area contributed by atoms with Gasteiger partial charge in [-0.05, 0) is 31.0 Å². The molecule has 6 nitrogen and oxygen atoms in total. The lowest BCUT2D eigenvalue weighted by atomic mass is 10.0. The number of nitrogens with zero attached hydrogens (tertiary/aromatic N) is 2. The second-order valence-corrected chi connectivity index (χ2v) is 8.47. The van der Waals surface area contributed by atoms with Gasteiger partial charge in [-0.25, -0.2) is 22.5 Å². The Labute approximate surface area is 156 Å². The minimum Gasteiger partial charge on any atom is -0.298 e. The van der Waals surface area contributed by atoms with Crippen molar-refractivity contribution in [2.24, 2.45) is 0 Å². The first-order chi connectivity index (χ1) is 12.4. The largest absolute Gasteiger partial charge is 0.298 e. The topological polar surface area (TPSA) is 81.1 Å². The van der Waals surface area contributed by atoms with Crippen LogP contribution in [0.1, 0.15) is 37.3 Å². The molecule has 1 aliphatic carbocycles. The third-order valence-electron chi connectivity index (χ3n) is 4.52. The van der Waals surface area contributed by atoms with E-state index in [-0.39, 0.29) is 28.6 Å². The van der Waals surface area contributed by atoms with Crippen molar-refractivity contribution in [3.05, 3.63) is 57.5 Å². The molecular weight excluding hydrogens is 381 g/mol. The average Bonchev–Trinajstić information content (AvgIpc) is 3.13. The van der Waals surface area contributed by atoms with Gasteiger partial charge in [-0.1, -0.05) is 24.4 Å². The van der Waals surface area contributed by atoms with Gasteiger partial charge in [-0.15, -0.1) is 0 Å². The van der Waals surface area contributed by atoms with E-state index in [0.717, 1.165) is 49.6 Å². The molecule has 9 heteroatoms. The van der Waals surface area contributed by atoms with E-state index in [2.05, 4.69) is 9.71 Å². The Morgan fingerprint density at radius 3 is 2.65 bits per heavy atom. The summed E-state index contributed by atoms with van der Waals surface area (Å²) < 4.78 is 41.3. The molecule has 1 saturated carbocycles. The Bertz CT molecular complexity index is 956. The molecule has 1 aromatic heterocycles. The summed E-state index contributed by atoms with van der Waals surface area (Å²) in [4.78, 5) is 16.4. The predicted octanol–water partition coefficient (Wildman–Crippen LogP) is 2.67. The molecule has 0 unspecified atom stereocenters. The number of hydrogen-bond acceptors (Lipinski definition) is 4. The Morgan fingerprint density at radius 2 is 2.00 bits per heavy atom. The molecule has 1 fully saturated rings. The van der Waals surface area contributed by atoms with E-state index in [1.165, 1.54) is 17.0 Å². The molecule has 140 valence electrons. The van der Waals surface area contributed by atoms with Crippen molar-refractivity contribution < 1.29 is 12.8 Å². The van der Waals surface area contributed by atoms with Gasteiger partial charge in [-0.3, -0.25) is 9.36 Å². The van der Waals surface area contributed by atoms with Gasteiger partial charge >= 0.3 is 0 Å². The molecule has 0 atom stereocenters. The molecule has 1 N–H and O–H groups in total. The van der Waals surface area contributed by atoms with E-state index in [1.807, 2.05) is 0 Å². The zero-order valence-electron chi connectivity index (χ0n) is 14.0. The van der Waals surface area contributed by atoms with Crippen molar-refractivity contribution in [1.82, 2.24) is 14.3 Å². The zero-order chi connectivity index (χ0) is 18.7. The maximum absolute atomic E-state index is 13.2. The normalized spacial score (nSPS) is 15.5. The van der Waals surface area contributed by atoms with Crippen molar-refractivity contribution in [1.29, 1.82) is 0 Å². The molecule has 1 heterocycles. The molecule has 3 rings (SSSR count). The van der Waals surface area contributed by atoms with Crippen molar-refractivity contribution in [3.63, 3.8) is 0 Å². The third-order valence-corrected chi connectivity index (χ3v) is 6.27. The van der Waals surface area contributed by atoms with Crippen LogP contribution in [0.25, 0.3) is 0 Å². The molecule has 0 bridgehead atoms. The Balaban J connectivity index is 1.63. The standard InChI is InChI=1S/C17H19ClFN3O3S/c18-14-9-13(5-6-15(14)19)26(24,25)21-7-8-22-11-20-16(10-17(22)23)12-3-1-2-4-12/h5-6,9-12,21H,1-4,7-8H2. The van der Waals surface area contributed by atoms with Crippen LogP contribution in [0.4, 0.5) is 4.39 Å². The van der Waals surface area contributed by atoms with Gasteiger partial charge < -0.3 is 0 Å². The highest BCUT2D eigenvalue weighted by molar-refractivity contribution is 7.89. The number of benzene rings is 1. The molecule has 1 aromatic carbocycles. The van der Waals surface area contributed by atoms with Crippen molar-refractivity contribution >= 4 is 21.6 Å². The summed E-state index contributed by atoms with van der Waals surface area (Å²) >= 11 is 5.62. The maximum Gasteiger partial charge on any atom is 0.253 e. The Hall–Kier alpha value is -1.77. The molecule has 0 radical (unpaired) electrons. The second kappa shape index (κ2) is 7.85. The van der Waals surface area contributed by atoms with Crippen LogP contribution in [0.15, 0.2) is 40.3 Å². The van der Waals surface area contributed by atoms with Crippen LogP contribution in [-0.4, -0.2) is 24.5 Å². The molecule has 0 saturated heterocycles. The third kappa shape index (κ3) is 4.31. The number of nitrogens with one attached hydrogen (secondary N) is 1. The number of halogens is 2. The first-order valence-electron chi connectivity index (χ1n) is 8.38. The second-order valence-electron chi connectivity index (χ2n) is 6.30. The molecule has 0 spiro atoms. The van der Waals surface area contributed by atoms with Crippen LogP contribution < -0.4 is 10.3 Å². The van der Waals surface area contributed by atoms with E-state index < -0.39 is 15.8 Å². The lowest BCUT2D eigenvalue weighted by Gasteiger charge is -2.11. The van der Waals surface area contributed by atoms with E-state index in [4.69, 9.17) is 11.6 Å².